The Kier molecular flexibility index (Phi) is 2.16. The van der Waals surface area contributed by atoms with Gasteiger partial charge < -0.3 is 0 Å². The van der Waals surface area contributed by atoms with Crippen LogP contribution in [0.15, 0.2) is 15.3 Å². The summed E-state index contributed by atoms with van der Waals surface area (Å²) in [6.45, 7) is 0.450. The van der Waals surface area contributed by atoms with Crippen LogP contribution in [0, 0.1) is 5.92 Å². The van der Waals surface area contributed by atoms with Gasteiger partial charge >= 0.3 is 6.18 Å². The van der Waals surface area contributed by atoms with E-state index in [1.165, 1.54) is 6.21 Å². The van der Waals surface area contributed by atoms with Crippen molar-refractivity contribution in [2.75, 3.05) is 6.54 Å². The monoisotopic (exact) mass is 206 g/mol. The maximum Gasteiger partial charge on any atom is 0.389 e. The van der Waals surface area contributed by atoms with Crippen LogP contribution in [0.2, 0.25) is 0 Å². The Labute approximate surface area is 78.3 Å². The van der Waals surface area contributed by atoms with Crippen LogP contribution in [-0.2, 0) is 0 Å². The predicted octanol–water partition coefficient (Wildman–Crippen LogP) is 1.35. The third-order valence-corrected chi connectivity index (χ3v) is 2.33. The first-order valence-corrected chi connectivity index (χ1v) is 4.28. The summed E-state index contributed by atoms with van der Waals surface area (Å²) in [5.74, 6) is -0.674. The molecule has 2 aliphatic rings. The zero-order valence-corrected chi connectivity index (χ0v) is 7.20. The van der Waals surface area contributed by atoms with E-state index in [0.29, 0.717) is 6.54 Å². The Hall–Kier alpha value is -1.14. The zero-order valence-electron chi connectivity index (χ0n) is 7.20. The van der Waals surface area contributed by atoms with Gasteiger partial charge in [0.05, 0.1) is 19.0 Å². The van der Waals surface area contributed by atoms with Crippen molar-refractivity contribution in [2.45, 2.75) is 24.7 Å². The van der Waals surface area contributed by atoms with Gasteiger partial charge in [-0.25, -0.2) is 0 Å². The number of hydrogen-bond acceptors (Lipinski definition) is 4. The van der Waals surface area contributed by atoms with Gasteiger partial charge in [-0.05, 0) is 0 Å². The van der Waals surface area contributed by atoms with Crippen LogP contribution < -0.4 is 5.43 Å². The molecule has 2 heterocycles. The maximum absolute atomic E-state index is 12.1. The number of halogens is 3. The second-order valence-corrected chi connectivity index (χ2v) is 3.44. The number of nitrogens with one attached hydrogen (secondary N) is 1. The molecule has 0 aromatic heterocycles. The molecule has 1 N–H and O–H groups in total. The number of rotatable bonds is 1. The van der Waals surface area contributed by atoms with Crippen molar-refractivity contribution in [3.63, 3.8) is 0 Å². The molecule has 2 aliphatic heterocycles. The molecule has 0 radical (unpaired) electrons. The molecular formula is C7H9F3N4. The van der Waals surface area contributed by atoms with Gasteiger partial charge in [0.25, 0.3) is 0 Å². The highest BCUT2D eigenvalue weighted by Crippen LogP contribution is 2.30. The van der Waals surface area contributed by atoms with E-state index in [1.807, 2.05) is 0 Å². The van der Waals surface area contributed by atoms with Crippen molar-refractivity contribution in [1.29, 1.82) is 0 Å². The lowest BCUT2D eigenvalue weighted by molar-refractivity contribution is -0.141. The molecule has 0 aromatic carbocycles. The van der Waals surface area contributed by atoms with Crippen LogP contribution in [-0.4, -0.2) is 31.0 Å². The van der Waals surface area contributed by atoms with Crippen molar-refractivity contribution in [3.05, 3.63) is 0 Å². The number of hydrogen-bond donors (Lipinski definition) is 1. The third-order valence-electron chi connectivity index (χ3n) is 2.33. The van der Waals surface area contributed by atoms with Gasteiger partial charge in [0, 0.05) is 12.1 Å². The van der Waals surface area contributed by atoms with E-state index in [1.54, 1.807) is 0 Å². The van der Waals surface area contributed by atoms with Crippen LogP contribution in [0.1, 0.15) is 6.42 Å². The molecule has 0 aliphatic carbocycles. The van der Waals surface area contributed by atoms with E-state index in [0.717, 1.165) is 0 Å². The lowest BCUT2D eigenvalue weighted by Gasteiger charge is -2.25. The average Bonchev–Trinajstić information content (AvgIpc) is 2.49. The molecule has 0 spiro atoms. The minimum Gasteiger partial charge on any atom is -0.295 e. The maximum atomic E-state index is 12.1. The Morgan fingerprint density at radius 1 is 1.43 bits per heavy atom. The Morgan fingerprint density at radius 2 is 2.21 bits per heavy atom. The third kappa shape index (κ3) is 1.85. The number of aliphatic imine (C=N–C) groups is 1. The summed E-state index contributed by atoms with van der Waals surface area (Å²) < 4.78 is 36.4. The molecule has 4 nitrogen and oxygen atoms in total. The molecule has 14 heavy (non-hydrogen) atoms. The molecule has 0 bridgehead atoms. The molecule has 0 fully saturated rings. The van der Waals surface area contributed by atoms with E-state index in [2.05, 4.69) is 20.8 Å². The molecule has 0 aromatic rings. The van der Waals surface area contributed by atoms with Crippen molar-refractivity contribution in [1.82, 2.24) is 5.43 Å². The van der Waals surface area contributed by atoms with E-state index in [-0.39, 0.29) is 6.04 Å². The quantitative estimate of drug-likeness (QED) is 0.691. The highest BCUT2D eigenvalue weighted by Gasteiger charge is 2.41. The highest BCUT2D eigenvalue weighted by molar-refractivity contribution is 5.63. The standard InChI is InChI=1S/C7H9F3N4/c8-7(9,10)1-4-2-11-3-5-6(4)13-14-12-5/h2,4-6H,1,3H2,(H,12,13). The largest absolute Gasteiger partial charge is 0.389 e. The summed E-state index contributed by atoms with van der Waals surface area (Å²) in [7, 11) is 0. The number of fused-ring (bicyclic) bond motifs is 1. The summed E-state index contributed by atoms with van der Waals surface area (Å²) in [6.07, 6.45) is -3.70. The fourth-order valence-electron chi connectivity index (χ4n) is 1.70. The second kappa shape index (κ2) is 3.21. The number of nitrogens with zero attached hydrogens (tertiary/aromatic N) is 3. The van der Waals surface area contributed by atoms with E-state index < -0.39 is 24.6 Å². The number of alkyl halides is 3. The summed E-state index contributed by atoms with van der Waals surface area (Å²) in [5, 5.41) is 7.28. The summed E-state index contributed by atoms with van der Waals surface area (Å²) in [6, 6.07) is -0.568. The molecule has 78 valence electrons. The highest BCUT2D eigenvalue weighted by atomic mass is 19.4. The Balaban J connectivity index is 2.07. The molecule has 0 amide bonds. The minimum atomic E-state index is -4.17. The van der Waals surface area contributed by atoms with Gasteiger partial charge in [-0.1, -0.05) is 5.22 Å². The van der Waals surface area contributed by atoms with Gasteiger partial charge in [0.15, 0.2) is 0 Å². The molecule has 3 atom stereocenters. The van der Waals surface area contributed by atoms with Gasteiger partial charge in [0.1, 0.15) is 6.04 Å². The van der Waals surface area contributed by atoms with E-state index in [4.69, 9.17) is 0 Å². The van der Waals surface area contributed by atoms with E-state index >= 15 is 0 Å². The van der Waals surface area contributed by atoms with Crippen LogP contribution in [0.4, 0.5) is 13.2 Å². The topological polar surface area (TPSA) is 49.1 Å². The first kappa shape index (κ1) is 9.42. The van der Waals surface area contributed by atoms with Crippen molar-refractivity contribution in [3.8, 4) is 0 Å². The van der Waals surface area contributed by atoms with Gasteiger partial charge in [-0.15, -0.1) is 0 Å². The fraction of sp³-hybridized carbons (Fsp3) is 0.857. The smallest absolute Gasteiger partial charge is 0.295 e. The molecule has 3 unspecified atom stereocenters. The van der Waals surface area contributed by atoms with Crippen LogP contribution in [0.5, 0.6) is 0 Å². The van der Waals surface area contributed by atoms with E-state index in [9.17, 15) is 13.2 Å². The Bertz CT molecular complexity index is 273. The first-order valence-electron chi connectivity index (χ1n) is 4.28. The first-order chi connectivity index (χ1) is 6.56. The molecular weight excluding hydrogens is 197 g/mol. The lowest BCUT2D eigenvalue weighted by Crippen LogP contribution is -2.43. The second-order valence-electron chi connectivity index (χ2n) is 3.44. The van der Waals surface area contributed by atoms with Crippen LogP contribution in [0.3, 0.4) is 0 Å². The SMILES string of the molecule is FC(F)(F)CC1C=NCC2NN=NC12. The predicted molar refractivity (Wildman–Crippen MR) is 43.1 cm³/mol. The van der Waals surface area contributed by atoms with Crippen LogP contribution >= 0.6 is 0 Å². The molecule has 0 saturated heterocycles. The van der Waals surface area contributed by atoms with Crippen molar-refractivity contribution in [2.24, 2.45) is 21.2 Å². The summed E-state index contributed by atoms with van der Waals surface area (Å²) in [4.78, 5) is 3.88. The molecule has 7 heteroatoms. The fourth-order valence-corrected chi connectivity index (χ4v) is 1.70. The van der Waals surface area contributed by atoms with Gasteiger partial charge in [-0.3, -0.25) is 10.4 Å². The van der Waals surface area contributed by atoms with Gasteiger partial charge in [-0.2, -0.15) is 18.3 Å². The average molecular weight is 206 g/mol. The minimum absolute atomic E-state index is 0.160. The summed E-state index contributed by atoms with van der Waals surface area (Å²) >= 11 is 0. The lowest BCUT2D eigenvalue weighted by atomic mass is 9.90. The van der Waals surface area contributed by atoms with Crippen molar-refractivity contribution < 1.29 is 13.2 Å². The summed E-state index contributed by atoms with van der Waals surface area (Å²) in [5.41, 5.74) is 2.65. The zero-order chi connectivity index (χ0) is 10.2. The molecule has 0 saturated carbocycles. The normalized spacial score (nSPS) is 35.5. The van der Waals surface area contributed by atoms with Crippen molar-refractivity contribution >= 4 is 6.21 Å². The van der Waals surface area contributed by atoms with Crippen LogP contribution in [0.25, 0.3) is 0 Å². The Morgan fingerprint density at radius 3 is 2.93 bits per heavy atom. The molecule has 2 rings (SSSR count). The van der Waals surface area contributed by atoms with Gasteiger partial charge in [0.2, 0.25) is 0 Å².